The van der Waals surface area contributed by atoms with Crippen LogP contribution >= 0.6 is 0 Å². The summed E-state index contributed by atoms with van der Waals surface area (Å²) >= 11 is 0. The predicted octanol–water partition coefficient (Wildman–Crippen LogP) is 16.9. The summed E-state index contributed by atoms with van der Waals surface area (Å²) in [6.07, 6.45) is 52.6. The Kier molecular flexibility index (Phi) is 47.3. The van der Waals surface area contributed by atoms with Crippen LogP contribution in [0.1, 0.15) is 290 Å². The van der Waals surface area contributed by atoms with E-state index in [9.17, 15) is 9.59 Å². The number of hydrogen-bond acceptors (Lipinski definition) is 5. The molecule has 0 spiro atoms. The van der Waals surface area contributed by atoms with E-state index >= 15 is 0 Å². The maximum Gasteiger partial charge on any atom is 0.306 e. The minimum atomic E-state index is -0.520. The van der Waals surface area contributed by atoms with Gasteiger partial charge in [0, 0.05) is 19.4 Å². The highest BCUT2D eigenvalue weighted by Crippen LogP contribution is 2.17. The molecule has 0 aliphatic carbocycles. The summed E-state index contributed by atoms with van der Waals surface area (Å²) in [6.45, 7) is 7.86. The van der Waals surface area contributed by atoms with Gasteiger partial charge in [0.2, 0.25) is 0 Å². The fourth-order valence-electron chi connectivity index (χ4n) is 7.81. The van der Waals surface area contributed by atoms with Crippen LogP contribution in [0.25, 0.3) is 0 Å². The first-order valence-electron chi connectivity index (χ1n) is 25.6. The van der Waals surface area contributed by atoms with Crippen molar-refractivity contribution in [2.75, 3.05) is 19.8 Å². The largest absolute Gasteiger partial charge is 0.462 e. The number of carbonyl (C=O) groups is 2. The summed E-state index contributed by atoms with van der Waals surface area (Å²) < 4.78 is 17.3. The molecule has 0 aromatic heterocycles. The minimum absolute atomic E-state index is 0.0963. The quantitative estimate of drug-likeness (QED) is 0.0454. The summed E-state index contributed by atoms with van der Waals surface area (Å²) in [5.41, 5.74) is 0. The maximum absolute atomic E-state index is 12.7. The summed E-state index contributed by atoms with van der Waals surface area (Å²) in [7, 11) is 0. The Balaban J connectivity index is 4.00. The van der Waals surface area contributed by atoms with E-state index in [2.05, 4.69) is 20.8 Å². The Bertz CT molecular complexity index is 769. The molecule has 0 aromatic rings. The van der Waals surface area contributed by atoms with E-state index in [1.807, 2.05) is 0 Å². The van der Waals surface area contributed by atoms with Crippen LogP contribution in [-0.4, -0.2) is 37.9 Å². The van der Waals surface area contributed by atoms with Gasteiger partial charge in [-0.15, -0.1) is 0 Å². The first-order chi connectivity index (χ1) is 27.6. The average molecular weight is 793 g/mol. The second-order valence-corrected chi connectivity index (χ2v) is 17.5. The zero-order valence-corrected chi connectivity index (χ0v) is 38.4. The number of unbranched alkanes of at least 4 members (excludes halogenated alkanes) is 37. The highest BCUT2D eigenvalue weighted by molar-refractivity contribution is 5.70. The Morgan fingerprint density at radius 3 is 0.911 bits per heavy atom. The molecule has 56 heavy (non-hydrogen) atoms. The molecule has 0 heterocycles. The first-order valence-corrected chi connectivity index (χ1v) is 25.6. The monoisotopic (exact) mass is 793 g/mol. The van der Waals surface area contributed by atoms with Crippen LogP contribution in [-0.2, 0) is 23.8 Å². The van der Waals surface area contributed by atoms with Crippen molar-refractivity contribution in [3.05, 3.63) is 0 Å². The van der Waals surface area contributed by atoms with Crippen molar-refractivity contribution in [3.63, 3.8) is 0 Å². The van der Waals surface area contributed by atoms with Gasteiger partial charge in [0.15, 0.2) is 6.10 Å². The lowest BCUT2D eigenvalue weighted by atomic mass is 10.0. The predicted molar refractivity (Wildman–Crippen MR) is 243 cm³/mol. The molecule has 0 N–H and O–H groups in total. The third kappa shape index (κ3) is 45.6. The van der Waals surface area contributed by atoms with Gasteiger partial charge in [-0.25, -0.2) is 0 Å². The molecule has 0 bridgehead atoms. The highest BCUT2D eigenvalue weighted by Gasteiger charge is 2.17. The van der Waals surface area contributed by atoms with Crippen LogP contribution < -0.4 is 0 Å². The summed E-state index contributed by atoms with van der Waals surface area (Å²) in [5.74, 6) is -0.376. The van der Waals surface area contributed by atoms with E-state index in [-0.39, 0.29) is 18.5 Å². The molecule has 0 aliphatic rings. The van der Waals surface area contributed by atoms with Gasteiger partial charge in [-0.2, -0.15) is 0 Å². The van der Waals surface area contributed by atoms with Crippen molar-refractivity contribution in [3.8, 4) is 0 Å². The molecule has 334 valence electrons. The van der Waals surface area contributed by atoms with Crippen molar-refractivity contribution >= 4 is 11.9 Å². The molecule has 0 saturated heterocycles. The molecule has 0 radical (unpaired) electrons. The molecule has 5 nitrogen and oxygen atoms in total. The van der Waals surface area contributed by atoms with Gasteiger partial charge in [0.25, 0.3) is 0 Å². The summed E-state index contributed by atoms with van der Waals surface area (Å²) in [4.78, 5) is 25.3. The molecule has 5 heteroatoms. The molecule has 0 amide bonds. The van der Waals surface area contributed by atoms with Crippen LogP contribution in [0.4, 0.5) is 0 Å². The van der Waals surface area contributed by atoms with Gasteiger partial charge in [-0.05, 0) is 19.3 Å². The lowest BCUT2D eigenvalue weighted by Crippen LogP contribution is -2.30. The van der Waals surface area contributed by atoms with E-state index in [0.29, 0.717) is 26.1 Å². The first kappa shape index (κ1) is 54.9. The second kappa shape index (κ2) is 48.3. The lowest BCUT2D eigenvalue weighted by molar-refractivity contribution is -0.163. The van der Waals surface area contributed by atoms with E-state index < -0.39 is 6.10 Å². The molecule has 0 fully saturated rings. The van der Waals surface area contributed by atoms with Gasteiger partial charge in [-0.1, -0.05) is 258 Å². The van der Waals surface area contributed by atoms with Gasteiger partial charge < -0.3 is 14.2 Å². The molecule has 0 rings (SSSR count). The molecule has 0 aromatic carbocycles. The zero-order chi connectivity index (χ0) is 40.7. The fraction of sp³-hybridized carbons (Fsp3) is 0.961. The molecular formula is C51H100O5. The average Bonchev–Trinajstić information content (AvgIpc) is 3.20. The van der Waals surface area contributed by atoms with Crippen molar-refractivity contribution in [1.29, 1.82) is 0 Å². The number of hydrogen-bond donors (Lipinski definition) is 0. The highest BCUT2D eigenvalue weighted by atomic mass is 16.6. The van der Waals surface area contributed by atoms with Crippen LogP contribution in [0.2, 0.25) is 0 Å². The third-order valence-corrected chi connectivity index (χ3v) is 11.6. The van der Waals surface area contributed by atoms with Gasteiger partial charge in [-0.3, -0.25) is 9.59 Å². The van der Waals surface area contributed by atoms with Gasteiger partial charge >= 0.3 is 11.9 Å². The zero-order valence-electron chi connectivity index (χ0n) is 38.4. The molecule has 1 atom stereocenters. The fourth-order valence-corrected chi connectivity index (χ4v) is 7.81. The number of esters is 2. The summed E-state index contributed by atoms with van der Waals surface area (Å²) in [6, 6.07) is 0. The van der Waals surface area contributed by atoms with Crippen molar-refractivity contribution < 1.29 is 23.8 Å². The van der Waals surface area contributed by atoms with Crippen LogP contribution in [0.3, 0.4) is 0 Å². The van der Waals surface area contributed by atoms with E-state index in [1.54, 1.807) is 0 Å². The molecular weight excluding hydrogens is 693 g/mol. The lowest BCUT2D eigenvalue weighted by Gasteiger charge is -2.18. The van der Waals surface area contributed by atoms with Crippen molar-refractivity contribution in [1.82, 2.24) is 0 Å². The Morgan fingerprint density at radius 2 is 0.589 bits per heavy atom. The van der Waals surface area contributed by atoms with Crippen molar-refractivity contribution in [2.45, 2.75) is 297 Å². The van der Waals surface area contributed by atoms with Crippen molar-refractivity contribution in [2.24, 2.45) is 0 Å². The number of ether oxygens (including phenoxy) is 3. The minimum Gasteiger partial charge on any atom is -0.462 e. The SMILES string of the molecule is CCCCCCCCCCCCCCCCCCCC(=O)OCC(COCCCCCCCC)OC(=O)CCCCCCCCCCCCCCCCCCC. The van der Waals surface area contributed by atoms with E-state index in [4.69, 9.17) is 14.2 Å². The van der Waals surface area contributed by atoms with Gasteiger partial charge in [0.1, 0.15) is 6.61 Å². The standard InChI is InChI=1S/C51H100O5/c1-4-7-10-13-16-18-20-22-24-26-28-30-32-34-36-38-41-44-50(52)55-48-49(47-54-46-43-40-15-12-9-6-3)56-51(53)45-42-39-37-35-33-31-29-27-25-23-21-19-17-14-11-8-5-2/h49H,4-48H2,1-3H3. The summed E-state index contributed by atoms with van der Waals surface area (Å²) in [5, 5.41) is 0. The topological polar surface area (TPSA) is 61.8 Å². The normalized spacial score (nSPS) is 12.0. The number of carbonyl (C=O) groups excluding carboxylic acids is 2. The molecule has 0 saturated carbocycles. The third-order valence-electron chi connectivity index (χ3n) is 11.6. The molecule has 0 aliphatic heterocycles. The van der Waals surface area contributed by atoms with Crippen LogP contribution in [0, 0.1) is 0 Å². The Labute approximate surface area is 351 Å². The number of rotatable bonds is 48. The van der Waals surface area contributed by atoms with E-state index in [1.165, 1.54) is 218 Å². The maximum atomic E-state index is 12.7. The van der Waals surface area contributed by atoms with Crippen LogP contribution in [0.15, 0.2) is 0 Å². The van der Waals surface area contributed by atoms with Crippen LogP contribution in [0.5, 0.6) is 0 Å². The second-order valence-electron chi connectivity index (χ2n) is 17.5. The molecule has 1 unspecified atom stereocenters. The van der Waals surface area contributed by atoms with E-state index in [0.717, 1.165) is 38.5 Å². The smallest absolute Gasteiger partial charge is 0.306 e. The Hall–Kier alpha value is -1.10. The Morgan fingerprint density at radius 1 is 0.321 bits per heavy atom. The van der Waals surface area contributed by atoms with Gasteiger partial charge in [0.05, 0.1) is 6.61 Å².